The van der Waals surface area contributed by atoms with Crippen molar-refractivity contribution in [3.8, 4) is 0 Å². The predicted octanol–water partition coefficient (Wildman–Crippen LogP) is 2.58. The number of ether oxygens (including phenoxy) is 1. The lowest BCUT2D eigenvalue weighted by molar-refractivity contribution is -0.119. The molecule has 1 aromatic heterocycles. The Hall–Kier alpha value is -1.46. The number of rotatable bonds is 2. The van der Waals surface area contributed by atoms with Crippen LogP contribution in [0.5, 0.6) is 0 Å². The number of hydrogen-bond donors (Lipinski definition) is 1. The minimum atomic E-state index is -0.0159. The van der Waals surface area contributed by atoms with Gasteiger partial charge in [0.25, 0.3) is 0 Å². The van der Waals surface area contributed by atoms with Gasteiger partial charge in [-0.25, -0.2) is 4.98 Å². The second kappa shape index (κ2) is 4.66. The predicted molar refractivity (Wildman–Crippen MR) is 71.9 cm³/mol. The van der Waals surface area contributed by atoms with Crippen LogP contribution in [-0.4, -0.2) is 24.1 Å². The van der Waals surface area contributed by atoms with Crippen LogP contribution < -0.4 is 5.32 Å². The Morgan fingerprint density at radius 3 is 3.22 bits per heavy atom. The maximum atomic E-state index is 11.9. The normalized spacial score (nSPS) is 19.3. The highest BCUT2D eigenvalue weighted by Crippen LogP contribution is 2.25. The lowest BCUT2D eigenvalue weighted by Gasteiger charge is -2.08. The van der Waals surface area contributed by atoms with Gasteiger partial charge in [-0.2, -0.15) is 0 Å². The lowest BCUT2D eigenvalue weighted by atomic mass is 10.1. The van der Waals surface area contributed by atoms with Crippen molar-refractivity contribution in [3.63, 3.8) is 0 Å². The zero-order chi connectivity index (χ0) is 12.5. The summed E-state index contributed by atoms with van der Waals surface area (Å²) in [4.78, 5) is 16.4. The second-order valence-electron chi connectivity index (χ2n) is 4.47. The number of carbonyl (C=O) groups excluding carboxylic acids is 1. The van der Waals surface area contributed by atoms with Crippen molar-refractivity contribution in [1.82, 2.24) is 4.98 Å². The molecule has 1 unspecified atom stereocenters. The first kappa shape index (κ1) is 11.6. The summed E-state index contributed by atoms with van der Waals surface area (Å²) in [5.41, 5.74) is 1.75. The molecule has 2 heterocycles. The molecule has 1 aliphatic rings. The van der Waals surface area contributed by atoms with Crippen LogP contribution in [0.25, 0.3) is 10.2 Å². The number of carbonyl (C=O) groups is 1. The lowest BCUT2D eigenvalue weighted by Crippen LogP contribution is -2.22. The second-order valence-corrected chi connectivity index (χ2v) is 5.70. The van der Waals surface area contributed by atoms with Crippen LogP contribution in [0.2, 0.25) is 0 Å². The maximum Gasteiger partial charge on any atom is 0.229 e. The summed E-state index contributed by atoms with van der Waals surface area (Å²) in [7, 11) is 0. The maximum absolute atomic E-state index is 11.9. The molecule has 1 N–H and O–H groups in total. The molecule has 2 aromatic rings. The van der Waals surface area contributed by atoms with E-state index in [0.29, 0.717) is 13.2 Å². The van der Waals surface area contributed by atoms with Gasteiger partial charge in [0.1, 0.15) is 0 Å². The molecule has 3 rings (SSSR count). The van der Waals surface area contributed by atoms with Crippen molar-refractivity contribution < 1.29 is 9.53 Å². The highest BCUT2D eigenvalue weighted by atomic mass is 32.1. The topological polar surface area (TPSA) is 51.2 Å². The van der Waals surface area contributed by atoms with Crippen LogP contribution in [0.1, 0.15) is 11.4 Å². The minimum Gasteiger partial charge on any atom is -0.381 e. The van der Waals surface area contributed by atoms with Gasteiger partial charge >= 0.3 is 0 Å². The Morgan fingerprint density at radius 2 is 2.44 bits per heavy atom. The molecule has 4 nitrogen and oxygen atoms in total. The first-order chi connectivity index (χ1) is 8.72. The molecule has 0 radical (unpaired) electrons. The van der Waals surface area contributed by atoms with Crippen LogP contribution in [-0.2, 0) is 9.53 Å². The molecule has 1 amide bonds. The van der Waals surface area contributed by atoms with E-state index in [1.54, 1.807) is 11.3 Å². The van der Waals surface area contributed by atoms with E-state index < -0.39 is 0 Å². The van der Waals surface area contributed by atoms with Gasteiger partial charge in [0.15, 0.2) is 0 Å². The van der Waals surface area contributed by atoms with E-state index in [2.05, 4.69) is 10.3 Å². The van der Waals surface area contributed by atoms with Crippen molar-refractivity contribution in [3.05, 3.63) is 23.2 Å². The van der Waals surface area contributed by atoms with Crippen molar-refractivity contribution in [2.24, 2.45) is 5.92 Å². The average Bonchev–Trinajstić information content (AvgIpc) is 2.95. The van der Waals surface area contributed by atoms with Crippen molar-refractivity contribution in [1.29, 1.82) is 0 Å². The number of benzene rings is 1. The first-order valence-corrected chi connectivity index (χ1v) is 6.80. The summed E-state index contributed by atoms with van der Waals surface area (Å²) >= 11 is 1.66. The van der Waals surface area contributed by atoms with E-state index in [9.17, 15) is 4.79 Å². The van der Waals surface area contributed by atoms with Gasteiger partial charge in [-0.3, -0.25) is 4.79 Å². The van der Waals surface area contributed by atoms with Crippen molar-refractivity contribution in [2.45, 2.75) is 13.3 Å². The number of aryl methyl sites for hydroxylation is 1. The van der Waals surface area contributed by atoms with Crippen LogP contribution >= 0.6 is 11.3 Å². The Balaban J connectivity index is 1.79. The van der Waals surface area contributed by atoms with E-state index >= 15 is 0 Å². The number of nitrogens with zero attached hydrogens (tertiary/aromatic N) is 1. The highest BCUT2D eigenvalue weighted by molar-refractivity contribution is 7.18. The first-order valence-electron chi connectivity index (χ1n) is 5.98. The molecule has 0 aliphatic carbocycles. The molecule has 1 aliphatic heterocycles. The number of fused-ring (bicyclic) bond motifs is 1. The molecular formula is C13H14N2O2S. The number of anilines is 1. The molecule has 0 saturated carbocycles. The Labute approximate surface area is 109 Å². The van der Waals surface area contributed by atoms with Crippen LogP contribution in [0.4, 0.5) is 5.69 Å². The fraction of sp³-hybridized carbons (Fsp3) is 0.385. The van der Waals surface area contributed by atoms with Gasteiger partial charge in [-0.15, -0.1) is 11.3 Å². The molecule has 5 heteroatoms. The van der Waals surface area contributed by atoms with Gasteiger partial charge in [0, 0.05) is 12.3 Å². The molecule has 1 fully saturated rings. The summed E-state index contributed by atoms with van der Waals surface area (Å²) in [5.74, 6) is 0.0247. The molecule has 1 aromatic carbocycles. The quantitative estimate of drug-likeness (QED) is 0.905. The number of hydrogen-bond acceptors (Lipinski definition) is 4. The van der Waals surface area contributed by atoms with E-state index in [-0.39, 0.29) is 11.8 Å². The number of thiazole rings is 1. The largest absolute Gasteiger partial charge is 0.381 e. The van der Waals surface area contributed by atoms with Crippen LogP contribution in [0.3, 0.4) is 0 Å². The van der Waals surface area contributed by atoms with Gasteiger partial charge in [-0.05, 0) is 31.5 Å². The summed E-state index contributed by atoms with van der Waals surface area (Å²) in [5, 5.41) is 3.97. The Kier molecular flexibility index (Phi) is 3.01. The number of nitrogens with one attached hydrogen (secondary N) is 1. The average molecular weight is 262 g/mol. The van der Waals surface area contributed by atoms with Crippen molar-refractivity contribution in [2.75, 3.05) is 18.5 Å². The third-order valence-corrected chi connectivity index (χ3v) is 4.01. The van der Waals surface area contributed by atoms with Crippen LogP contribution in [0, 0.1) is 12.8 Å². The highest BCUT2D eigenvalue weighted by Gasteiger charge is 2.23. The summed E-state index contributed by atoms with van der Waals surface area (Å²) < 4.78 is 6.37. The van der Waals surface area contributed by atoms with E-state index in [1.165, 1.54) is 0 Å². The summed E-state index contributed by atoms with van der Waals surface area (Å²) in [6.45, 7) is 3.20. The zero-order valence-corrected chi connectivity index (χ0v) is 10.9. The Bertz CT molecular complexity index is 588. The van der Waals surface area contributed by atoms with E-state index in [0.717, 1.165) is 27.3 Å². The number of amides is 1. The van der Waals surface area contributed by atoms with Gasteiger partial charge in [0.2, 0.25) is 5.91 Å². The fourth-order valence-corrected chi connectivity index (χ4v) is 2.91. The number of aromatic nitrogens is 1. The molecule has 0 spiro atoms. The van der Waals surface area contributed by atoms with E-state index in [1.807, 2.05) is 25.1 Å². The van der Waals surface area contributed by atoms with Crippen LogP contribution in [0.15, 0.2) is 18.2 Å². The molecule has 1 saturated heterocycles. The molecule has 18 heavy (non-hydrogen) atoms. The van der Waals surface area contributed by atoms with E-state index in [4.69, 9.17) is 4.74 Å². The fourth-order valence-electron chi connectivity index (χ4n) is 2.11. The SMILES string of the molecule is Cc1nc2cc(NC(=O)C3CCOC3)ccc2s1. The third kappa shape index (κ3) is 2.23. The third-order valence-electron chi connectivity index (χ3n) is 3.06. The molecular weight excluding hydrogens is 248 g/mol. The van der Waals surface area contributed by atoms with Gasteiger partial charge in [0.05, 0.1) is 27.7 Å². The minimum absolute atomic E-state index is 0.0159. The van der Waals surface area contributed by atoms with Gasteiger partial charge in [-0.1, -0.05) is 0 Å². The van der Waals surface area contributed by atoms with Crippen molar-refractivity contribution >= 4 is 33.1 Å². The smallest absolute Gasteiger partial charge is 0.229 e. The Morgan fingerprint density at radius 1 is 1.56 bits per heavy atom. The molecule has 94 valence electrons. The monoisotopic (exact) mass is 262 g/mol. The standard InChI is InChI=1S/C13H14N2O2S/c1-8-14-11-6-10(2-3-12(11)18-8)15-13(16)9-4-5-17-7-9/h2-3,6,9H,4-5,7H2,1H3,(H,15,16). The summed E-state index contributed by atoms with van der Waals surface area (Å²) in [6.07, 6.45) is 0.809. The summed E-state index contributed by atoms with van der Waals surface area (Å²) in [6, 6.07) is 5.85. The zero-order valence-electron chi connectivity index (χ0n) is 10.1. The van der Waals surface area contributed by atoms with Gasteiger partial charge < -0.3 is 10.1 Å². The molecule has 1 atom stereocenters. The molecule has 0 bridgehead atoms.